The first-order chi connectivity index (χ1) is 19.2. The molecule has 214 valence electrons. The highest BCUT2D eigenvalue weighted by atomic mass is 32.2. The van der Waals surface area contributed by atoms with E-state index in [1.54, 1.807) is 12.1 Å². The predicted octanol–water partition coefficient (Wildman–Crippen LogP) is 0.879. The van der Waals surface area contributed by atoms with Crippen LogP contribution < -0.4 is 15.5 Å². The Morgan fingerprint density at radius 2 is 1.82 bits per heavy atom. The number of ketones is 1. The third kappa shape index (κ3) is 5.61. The van der Waals surface area contributed by atoms with Gasteiger partial charge in [0.15, 0.2) is 5.78 Å². The monoisotopic (exact) mass is 568 g/mol. The van der Waals surface area contributed by atoms with Crippen LogP contribution in [-0.2, 0) is 19.6 Å². The number of amides is 2. The maximum Gasteiger partial charge on any atom is 0.251 e. The minimum atomic E-state index is -3.95. The van der Waals surface area contributed by atoms with Gasteiger partial charge in [-0.3, -0.25) is 19.4 Å². The summed E-state index contributed by atoms with van der Waals surface area (Å²) in [6.07, 6.45) is 3.48. The molecule has 1 aromatic carbocycles. The lowest BCUT2D eigenvalue weighted by Gasteiger charge is -2.30. The van der Waals surface area contributed by atoms with Crippen LogP contribution in [0.4, 0.5) is 5.69 Å². The van der Waals surface area contributed by atoms with Crippen LogP contribution in [0.3, 0.4) is 0 Å². The highest BCUT2D eigenvalue weighted by Crippen LogP contribution is 2.34. The van der Waals surface area contributed by atoms with Crippen molar-refractivity contribution in [2.24, 2.45) is 5.92 Å². The number of Topliss-reactive ketones (excluding diaryl/α,β-unsaturated/α-hetero) is 1. The summed E-state index contributed by atoms with van der Waals surface area (Å²) in [4.78, 5) is 47.7. The van der Waals surface area contributed by atoms with Crippen molar-refractivity contribution in [3.05, 3.63) is 54.4 Å². The second kappa shape index (κ2) is 11.6. The standard InChI is InChI=1S/C28H36N6O5S/c1-19(2)16-23(31-27(36)20-5-7-21(8-6-20)32-14-11-29-12-15-32)28(37)33-13-9-24-26(33)25(35)18-34(24)40(38,39)22-4-3-10-30-17-22/h3-8,10,17,19,23-24,26,29H,9,11-16,18H2,1-2H3,(H,31,36). The number of benzene rings is 1. The number of pyridine rings is 1. The quantitative estimate of drug-likeness (QED) is 0.480. The molecule has 11 nitrogen and oxygen atoms in total. The first kappa shape index (κ1) is 28.2. The molecule has 2 amide bonds. The van der Waals surface area contributed by atoms with E-state index in [0.717, 1.165) is 31.9 Å². The van der Waals surface area contributed by atoms with Crippen molar-refractivity contribution in [1.29, 1.82) is 0 Å². The third-order valence-electron chi connectivity index (χ3n) is 7.82. The van der Waals surface area contributed by atoms with Gasteiger partial charge in [0.2, 0.25) is 15.9 Å². The summed E-state index contributed by atoms with van der Waals surface area (Å²) in [7, 11) is -3.95. The van der Waals surface area contributed by atoms with Gasteiger partial charge in [-0.05, 0) is 55.2 Å². The molecule has 4 heterocycles. The number of piperazine rings is 1. The Kier molecular flexibility index (Phi) is 8.20. The highest BCUT2D eigenvalue weighted by Gasteiger charge is 2.54. The first-order valence-corrected chi connectivity index (χ1v) is 15.2. The van der Waals surface area contributed by atoms with Gasteiger partial charge in [-0.2, -0.15) is 4.31 Å². The molecule has 0 saturated carbocycles. The van der Waals surface area contributed by atoms with Crippen molar-refractivity contribution < 1.29 is 22.8 Å². The van der Waals surface area contributed by atoms with Crippen molar-refractivity contribution in [3.63, 3.8) is 0 Å². The molecule has 3 fully saturated rings. The molecule has 1 aromatic heterocycles. The minimum absolute atomic E-state index is 0.0150. The number of carbonyl (C=O) groups excluding carboxylic acids is 3. The molecule has 0 radical (unpaired) electrons. The summed E-state index contributed by atoms with van der Waals surface area (Å²) in [5.41, 5.74) is 1.49. The average molecular weight is 569 g/mol. The van der Waals surface area contributed by atoms with E-state index >= 15 is 0 Å². The van der Waals surface area contributed by atoms with Crippen molar-refractivity contribution in [1.82, 2.24) is 24.8 Å². The number of anilines is 1. The largest absolute Gasteiger partial charge is 0.369 e. The van der Waals surface area contributed by atoms with Crippen LogP contribution in [0.15, 0.2) is 53.7 Å². The number of nitrogens with zero attached hydrogens (tertiary/aromatic N) is 4. The summed E-state index contributed by atoms with van der Waals surface area (Å²) < 4.78 is 27.7. The lowest BCUT2D eigenvalue weighted by Crippen LogP contribution is -2.53. The number of fused-ring (bicyclic) bond motifs is 1. The zero-order chi connectivity index (χ0) is 28.4. The molecule has 0 spiro atoms. The molecule has 0 aliphatic carbocycles. The van der Waals surface area contributed by atoms with E-state index in [1.807, 2.05) is 26.0 Å². The van der Waals surface area contributed by atoms with Gasteiger partial charge in [-0.15, -0.1) is 0 Å². The average Bonchev–Trinajstić information content (AvgIpc) is 3.54. The zero-order valence-corrected chi connectivity index (χ0v) is 23.6. The number of likely N-dealkylation sites (tertiary alicyclic amines) is 1. The van der Waals surface area contributed by atoms with Gasteiger partial charge in [0.1, 0.15) is 17.0 Å². The Labute approximate surface area is 235 Å². The number of hydrogen-bond donors (Lipinski definition) is 2. The number of sulfonamides is 1. The van der Waals surface area contributed by atoms with Crippen LogP contribution in [-0.4, -0.2) is 97.6 Å². The number of rotatable bonds is 8. The van der Waals surface area contributed by atoms with Gasteiger partial charge in [0.05, 0.1) is 12.6 Å². The van der Waals surface area contributed by atoms with Gasteiger partial charge >= 0.3 is 0 Å². The molecule has 3 aliphatic heterocycles. The Balaban J connectivity index is 1.30. The Morgan fingerprint density at radius 1 is 1.10 bits per heavy atom. The summed E-state index contributed by atoms with van der Waals surface area (Å²) in [5, 5.41) is 6.22. The van der Waals surface area contributed by atoms with Crippen LogP contribution in [0.25, 0.3) is 0 Å². The zero-order valence-electron chi connectivity index (χ0n) is 22.8. The predicted molar refractivity (Wildman–Crippen MR) is 149 cm³/mol. The van der Waals surface area contributed by atoms with E-state index in [-0.39, 0.29) is 41.5 Å². The van der Waals surface area contributed by atoms with Crippen LogP contribution in [0, 0.1) is 5.92 Å². The fourth-order valence-corrected chi connectivity index (χ4v) is 7.45. The van der Waals surface area contributed by atoms with E-state index in [0.29, 0.717) is 18.4 Å². The molecule has 2 aromatic rings. The van der Waals surface area contributed by atoms with Crippen LogP contribution in [0.5, 0.6) is 0 Å². The summed E-state index contributed by atoms with van der Waals surface area (Å²) in [6.45, 7) is 7.49. The van der Waals surface area contributed by atoms with Crippen LogP contribution >= 0.6 is 0 Å². The number of nitrogens with one attached hydrogen (secondary N) is 2. The SMILES string of the molecule is CC(C)CC(NC(=O)c1ccc(N2CCNCC2)cc1)C(=O)N1CCC2C1C(=O)CN2S(=O)(=O)c1cccnc1. The van der Waals surface area contributed by atoms with Gasteiger partial charge in [-0.1, -0.05) is 13.8 Å². The molecular formula is C28H36N6O5S. The molecule has 3 atom stereocenters. The normalized spacial score (nSPS) is 22.4. The van der Waals surface area contributed by atoms with E-state index in [9.17, 15) is 22.8 Å². The molecule has 2 N–H and O–H groups in total. The summed E-state index contributed by atoms with van der Waals surface area (Å²) in [5.74, 6) is -0.938. The molecule has 12 heteroatoms. The Morgan fingerprint density at radius 3 is 2.48 bits per heavy atom. The van der Waals surface area contributed by atoms with E-state index in [1.165, 1.54) is 33.7 Å². The number of hydrogen-bond acceptors (Lipinski definition) is 8. The second-order valence-corrected chi connectivity index (χ2v) is 12.9. The molecular weight excluding hydrogens is 532 g/mol. The molecule has 0 bridgehead atoms. The van der Waals surface area contributed by atoms with Gasteiger partial charge in [-0.25, -0.2) is 8.42 Å². The second-order valence-electron chi connectivity index (χ2n) is 11.0. The lowest BCUT2D eigenvalue weighted by atomic mass is 10.0. The summed E-state index contributed by atoms with van der Waals surface area (Å²) in [6, 6.07) is 7.98. The maximum atomic E-state index is 13.8. The highest BCUT2D eigenvalue weighted by molar-refractivity contribution is 7.89. The molecule has 3 saturated heterocycles. The van der Waals surface area contributed by atoms with Gasteiger partial charge in [0, 0.05) is 56.4 Å². The molecule has 3 aliphatic rings. The minimum Gasteiger partial charge on any atom is -0.369 e. The van der Waals surface area contributed by atoms with E-state index < -0.39 is 28.1 Å². The third-order valence-corrected chi connectivity index (χ3v) is 9.68. The first-order valence-electron chi connectivity index (χ1n) is 13.8. The molecule has 5 rings (SSSR count). The van der Waals surface area contributed by atoms with Gasteiger partial charge in [0.25, 0.3) is 5.91 Å². The fourth-order valence-electron chi connectivity index (χ4n) is 5.86. The Hall–Kier alpha value is -3.35. The number of carbonyl (C=O) groups is 3. The smallest absolute Gasteiger partial charge is 0.251 e. The topological polar surface area (TPSA) is 132 Å². The molecule has 40 heavy (non-hydrogen) atoms. The van der Waals surface area contributed by atoms with Crippen LogP contribution in [0.2, 0.25) is 0 Å². The van der Waals surface area contributed by atoms with Crippen molar-refractivity contribution in [3.8, 4) is 0 Å². The summed E-state index contributed by atoms with van der Waals surface area (Å²) >= 11 is 0. The van der Waals surface area contributed by atoms with E-state index in [2.05, 4.69) is 20.5 Å². The molecule has 3 unspecified atom stereocenters. The fraction of sp³-hybridized carbons (Fsp3) is 0.500. The van der Waals surface area contributed by atoms with Crippen molar-refractivity contribution in [2.45, 2.75) is 49.7 Å². The van der Waals surface area contributed by atoms with Crippen molar-refractivity contribution in [2.75, 3.05) is 44.2 Å². The van der Waals surface area contributed by atoms with Gasteiger partial charge < -0.3 is 20.4 Å². The Bertz CT molecular complexity index is 1350. The number of aromatic nitrogens is 1. The lowest BCUT2D eigenvalue weighted by molar-refractivity contribution is -0.138. The van der Waals surface area contributed by atoms with Crippen molar-refractivity contribution >= 4 is 33.3 Å². The van der Waals surface area contributed by atoms with Crippen LogP contribution in [0.1, 0.15) is 37.0 Å². The van der Waals surface area contributed by atoms with E-state index in [4.69, 9.17) is 0 Å². The maximum absolute atomic E-state index is 13.8.